The number of carbonyl (C=O) groups is 1. The fourth-order valence-corrected chi connectivity index (χ4v) is 4.07. The number of hydrogen-bond donors (Lipinski definition) is 0. The first-order chi connectivity index (χ1) is 10.6. The third kappa shape index (κ3) is 3.35. The van der Waals surface area contributed by atoms with E-state index in [1.54, 1.807) is 0 Å². The molecule has 0 aromatic heterocycles. The van der Waals surface area contributed by atoms with E-state index in [0.29, 0.717) is 24.4 Å². The quantitative estimate of drug-likeness (QED) is 0.853. The van der Waals surface area contributed by atoms with Gasteiger partial charge in [0.2, 0.25) is 5.91 Å². The largest absolute Gasteiger partial charge is 0.338 e. The molecule has 3 nitrogen and oxygen atoms in total. The van der Waals surface area contributed by atoms with Crippen molar-refractivity contribution in [2.75, 3.05) is 20.1 Å². The molecular formula is C19H28N2O. The van der Waals surface area contributed by atoms with Crippen molar-refractivity contribution in [1.82, 2.24) is 9.80 Å². The Morgan fingerprint density at radius 3 is 2.45 bits per heavy atom. The van der Waals surface area contributed by atoms with E-state index in [-0.39, 0.29) is 0 Å². The predicted molar refractivity (Wildman–Crippen MR) is 89.9 cm³/mol. The highest BCUT2D eigenvalue weighted by molar-refractivity contribution is 5.77. The number of hydrogen-bond acceptors (Lipinski definition) is 2. The molecule has 0 N–H and O–H groups in total. The van der Waals surface area contributed by atoms with Gasteiger partial charge in [-0.1, -0.05) is 29.8 Å². The maximum atomic E-state index is 12.7. The lowest BCUT2D eigenvalue weighted by Gasteiger charge is -2.33. The Morgan fingerprint density at radius 1 is 1.09 bits per heavy atom. The topological polar surface area (TPSA) is 23.6 Å². The van der Waals surface area contributed by atoms with Crippen molar-refractivity contribution < 1.29 is 4.79 Å². The zero-order chi connectivity index (χ0) is 15.5. The lowest BCUT2D eigenvalue weighted by atomic mass is 10.0. The van der Waals surface area contributed by atoms with E-state index in [0.717, 1.165) is 13.0 Å². The first-order valence-electron chi connectivity index (χ1n) is 8.70. The minimum atomic E-state index is 0.350. The van der Waals surface area contributed by atoms with E-state index >= 15 is 0 Å². The number of likely N-dealkylation sites (N-methyl/N-ethyl adjacent to an activating group) is 1. The van der Waals surface area contributed by atoms with Crippen molar-refractivity contribution in [3.05, 3.63) is 35.4 Å². The summed E-state index contributed by atoms with van der Waals surface area (Å²) in [6, 6.07) is 9.60. The third-order valence-corrected chi connectivity index (χ3v) is 5.39. The maximum Gasteiger partial charge on any atom is 0.223 e. The van der Waals surface area contributed by atoms with Crippen molar-refractivity contribution in [1.29, 1.82) is 0 Å². The summed E-state index contributed by atoms with van der Waals surface area (Å²) < 4.78 is 0. The minimum Gasteiger partial charge on any atom is -0.338 e. The Kier molecular flexibility index (Phi) is 4.82. The minimum absolute atomic E-state index is 0.350. The van der Waals surface area contributed by atoms with Crippen LogP contribution in [0.2, 0.25) is 0 Å². The van der Waals surface area contributed by atoms with Gasteiger partial charge in [0.15, 0.2) is 0 Å². The fourth-order valence-electron chi connectivity index (χ4n) is 4.07. The molecule has 3 heteroatoms. The molecule has 2 aliphatic rings. The normalized spacial score (nSPS) is 25.8. The summed E-state index contributed by atoms with van der Waals surface area (Å²) in [6.45, 7) is 4.25. The second-order valence-electron chi connectivity index (χ2n) is 6.97. The fraction of sp³-hybridized carbons (Fsp3) is 0.632. The van der Waals surface area contributed by atoms with Crippen molar-refractivity contribution in [2.24, 2.45) is 0 Å². The van der Waals surface area contributed by atoms with Crippen LogP contribution in [0.4, 0.5) is 0 Å². The molecule has 3 rings (SSSR count). The Morgan fingerprint density at radius 2 is 1.77 bits per heavy atom. The van der Waals surface area contributed by atoms with Crippen molar-refractivity contribution in [2.45, 2.75) is 57.5 Å². The number of carbonyl (C=O) groups excluding carboxylic acids is 1. The van der Waals surface area contributed by atoms with Gasteiger partial charge >= 0.3 is 0 Å². The van der Waals surface area contributed by atoms with Gasteiger partial charge in [-0.05, 0) is 58.2 Å². The summed E-state index contributed by atoms with van der Waals surface area (Å²) in [6.07, 6.45) is 6.40. The first kappa shape index (κ1) is 15.5. The van der Waals surface area contributed by atoms with Gasteiger partial charge in [0.25, 0.3) is 0 Å². The summed E-state index contributed by atoms with van der Waals surface area (Å²) >= 11 is 0. The number of likely N-dealkylation sites (tertiary alicyclic amines) is 2. The molecule has 22 heavy (non-hydrogen) atoms. The van der Waals surface area contributed by atoms with Crippen LogP contribution >= 0.6 is 0 Å². The smallest absolute Gasteiger partial charge is 0.223 e. The molecule has 1 amide bonds. The van der Waals surface area contributed by atoms with E-state index < -0.39 is 0 Å². The van der Waals surface area contributed by atoms with Crippen LogP contribution in [0.25, 0.3) is 0 Å². The molecule has 0 spiro atoms. The lowest BCUT2D eigenvalue weighted by Crippen LogP contribution is -2.47. The molecule has 2 heterocycles. The average Bonchev–Trinajstić information content (AvgIpc) is 3.14. The van der Waals surface area contributed by atoms with Crippen molar-refractivity contribution >= 4 is 5.91 Å². The number of benzene rings is 1. The zero-order valence-corrected chi connectivity index (χ0v) is 13.9. The van der Waals surface area contributed by atoms with Crippen LogP contribution in [0.1, 0.15) is 43.2 Å². The second kappa shape index (κ2) is 6.82. The number of rotatable bonds is 4. The highest BCUT2D eigenvalue weighted by Gasteiger charge is 2.37. The number of nitrogens with zero attached hydrogens (tertiary/aromatic N) is 2. The SMILES string of the molecule is Cc1ccc(CCC(=O)N2CCC[C@@H]2[C@H]2CCCN2C)cc1. The zero-order valence-electron chi connectivity index (χ0n) is 13.9. The number of amides is 1. The first-order valence-corrected chi connectivity index (χ1v) is 8.70. The molecule has 2 atom stereocenters. The second-order valence-corrected chi connectivity index (χ2v) is 6.97. The van der Waals surface area contributed by atoms with E-state index in [1.807, 2.05) is 0 Å². The van der Waals surface area contributed by atoms with Crippen molar-refractivity contribution in [3.8, 4) is 0 Å². The van der Waals surface area contributed by atoms with Crippen LogP contribution in [0.3, 0.4) is 0 Å². The van der Waals surface area contributed by atoms with Crippen LogP contribution in [-0.2, 0) is 11.2 Å². The van der Waals surface area contributed by atoms with Crippen LogP contribution in [0.15, 0.2) is 24.3 Å². The molecule has 2 fully saturated rings. The van der Waals surface area contributed by atoms with Gasteiger partial charge in [-0.25, -0.2) is 0 Å². The van der Waals surface area contributed by atoms with Crippen LogP contribution in [-0.4, -0.2) is 47.9 Å². The standard InChI is InChI=1S/C19H28N2O/c1-15-7-9-16(10-8-15)11-12-19(22)21-14-4-6-18(21)17-5-3-13-20(17)2/h7-10,17-18H,3-6,11-14H2,1-2H3/t17-,18-/m1/s1. The molecule has 0 radical (unpaired) electrons. The van der Waals surface area contributed by atoms with Crippen LogP contribution in [0.5, 0.6) is 0 Å². The molecule has 1 aromatic rings. The van der Waals surface area contributed by atoms with E-state index in [2.05, 4.69) is 48.0 Å². The van der Waals surface area contributed by atoms with Gasteiger partial charge in [0.05, 0.1) is 0 Å². The molecule has 2 saturated heterocycles. The molecular weight excluding hydrogens is 272 g/mol. The van der Waals surface area contributed by atoms with Crippen LogP contribution < -0.4 is 0 Å². The molecule has 2 aliphatic heterocycles. The Balaban J connectivity index is 1.57. The van der Waals surface area contributed by atoms with E-state index in [4.69, 9.17) is 0 Å². The van der Waals surface area contributed by atoms with Crippen LogP contribution in [0, 0.1) is 6.92 Å². The molecule has 0 unspecified atom stereocenters. The van der Waals surface area contributed by atoms with E-state index in [9.17, 15) is 4.79 Å². The van der Waals surface area contributed by atoms with Gasteiger partial charge in [0, 0.05) is 25.0 Å². The van der Waals surface area contributed by atoms with Gasteiger partial charge in [-0.3, -0.25) is 4.79 Å². The van der Waals surface area contributed by atoms with E-state index in [1.165, 1.54) is 43.4 Å². The summed E-state index contributed by atoms with van der Waals surface area (Å²) in [5.74, 6) is 0.350. The highest BCUT2D eigenvalue weighted by Crippen LogP contribution is 2.29. The Hall–Kier alpha value is -1.35. The molecule has 0 saturated carbocycles. The molecule has 0 bridgehead atoms. The summed E-state index contributed by atoms with van der Waals surface area (Å²) in [4.78, 5) is 17.3. The third-order valence-electron chi connectivity index (χ3n) is 5.39. The van der Waals surface area contributed by atoms with Gasteiger partial charge < -0.3 is 9.80 Å². The molecule has 1 aromatic carbocycles. The predicted octanol–water partition coefficient (Wildman–Crippen LogP) is 3.01. The summed E-state index contributed by atoms with van der Waals surface area (Å²) in [5.41, 5.74) is 2.55. The van der Waals surface area contributed by atoms with Crippen molar-refractivity contribution in [3.63, 3.8) is 0 Å². The highest BCUT2D eigenvalue weighted by atomic mass is 16.2. The Bertz CT molecular complexity index is 511. The lowest BCUT2D eigenvalue weighted by molar-refractivity contribution is -0.132. The summed E-state index contributed by atoms with van der Waals surface area (Å²) in [5, 5.41) is 0. The maximum absolute atomic E-state index is 12.7. The molecule has 120 valence electrons. The monoisotopic (exact) mass is 300 g/mol. The van der Waals surface area contributed by atoms with Gasteiger partial charge in [-0.15, -0.1) is 0 Å². The molecule has 0 aliphatic carbocycles. The number of aryl methyl sites for hydroxylation is 2. The van der Waals surface area contributed by atoms with Gasteiger partial charge in [-0.2, -0.15) is 0 Å². The Labute approximate surface area is 134 Å². The van der Waals surface area contributed by atoms with Gasteiger partial charge in [0.1, 0.15) is 0 Å². The summed E-state index contributed by atoms with van der Waals surface area (Å²) in [7, 11) is 2.21. The average molecular weight is 300 g/mol.